The van der Waals surface area contributed by atoms with Crippen LogP contribution in [-0.2, 0) is 0 Å². The van der Waals surface area contributed by atoms with E-state index in [4.69, 9.17) is 0 Å². The van der Waals surface area contributed by atoms with Gasteiger partial charge in [-0.3, -0.25) is 9.98 Å². The van der Waals surface area contributed by atoms with E-state index in [0.29, 0.717) is 0 Å². The molecule has 0 saturated carbocycles. The van der Waals surface area contributed by atoms with Gasteiger partial charge in [0.25, 0.3) is 0 Å². The molecule has 0 fully saturated rings. The number of benzene rings is 2. The highest BCUT2D eigenvalue weighted by Gasteiger charge is 2.33. The van der Waals surface area contributed by atoms with E-state index in [0.717, 1.165) is 52.2 Å². The molecule has 0 unspecified atom stereocenters. The van der Waals surface area contributed by atoms with Crippen molar-refractivity contribution < 1.29 is 4.39 Å². The lowest BCUT2D eigenvalue weighted by molar-refractivity contribution is 0.639. The summed E-state index contributed by atoms with van der Waals surface area (Å²) in [6, 6.07) is 14.2. The summed E-state index contributed by atoms with van der Waals surface area (Å²) >= 11 is 6.71. The molecule has 0 spiro atoms. The Kier molecular flexibility index (Phi) is 6.19. The van der Waals surface area contributed by atoms with E-state index in [1.807, 2.05) is 23.6 Å². The maximum atomic E-state index is 13.8. The minimum atomic E-state index is -0.132. The fraction of sp³-hybridized carbons (Fsp3) is 0.172. The zero-order valence-electron chi connectivity index (χ0n) is 20.6. The predicted molar refractivity (Wildman–Crippen MR) is 167 cm³/mol. The van der Waals surface area contributed by atoms with Crippen LogP contribution in [0.5, 0.6) is 0 Å². The molecule has 4 aromatic rings. The van der Waals surface area contributed by atoms with Crippen molar-refractivity contribution in [1.29, 1.82) is 0 Å². The first kappa shape index (κ1) is 24.2. The number of thioether (sulfide) groups is 2. The third-order valence-electron chi connectivity index (χ3n) is 6.92. The first-order valence-corrected chi connectivity index (χ1v) is 15.7. The Morgan fingerprint density at radius 2 is 1.55 bits per heavy atom. The van der Waals surface area contributed by atoms with E-state index in [1.165, 1.54) is 48.2 Å². The van der Waals surface area contributed by atoms with E-state index < -0.39 is 0 Å². The summed E-state index contributed by atoms with van der Waals surface area (Å²) in [4.78, 5) is 16.1. The Balaban J connectivity index is 0.000000127. The van der Waals surface area contributed by atoms with Crippen molar-refractivity contribution in [3.63, 3.8) is 0 Å². The zero-order valence-corrected chi connectivity index (χ0v) is 23.9. The lowest BCUT2D eigenvalue weighted by Gasteiger charge is -2.18. The number of nitrogens with zero attached hydrogens (tertiary/aromatic N) is 4. The topological polar surface area (TPSA) is 31.2 Å². The normalized spacial score (nSPS) is 18.3. The van der Waals surface area contributed by atoms with Gasteiger partial charge in [-0.2, -0.15) is 0 Å². The molecule has 9 heteroatoms. The van der Waals surface area contributed by atoms with E-state index in [2.05, 4.69) is 62.9 Å². The summed E-state index contributed by atoms with van der Waals surface area (Å²) in [6.45, 7) is 9.73. The molecule has 190 valence electrons. The van der Waals surface area contributed by atoms with Crippen molar-refractivity contribution in [3.05, 3.63) is 92.6 Å². The molecule has 0 aliphatic carbocycles. The Bertz CT molecular complexity index is 1740. The maximum absolute atomic E-state index is 13.8. The van der Waals surface area contributed by atoms with E-state index in [-0.39, 0.29) is 5.82 Å². The second-order valence-corrected chi connectivity index (χ2v) is 13.1. The largest absolute Gasteiger partial charge is 0.318 e. The molecule has 0 bridgehead atoms. The fourth-order valence-corrected chi connectivity index (χ4v) is 9.01. The van der Waals surface area contributed by atoms with Gasteiger partial charge in [0.05, 0.1) is 29.2 Å². The third kappa shape index (κ3) is 3.87. The molecule has 38 heavy (non-hydrogen) atoms. The standard InChI is InChI=1S/C15H12N2S2.C14H11FN2S2/c1-2-12-14(17-8-7-16-15(17)19-12)11-4-3-5-13-10(11)6-9-18-13;1-8-12(17-6-5-16-14(17)19-8)9-2-3-11(15)13-10(9)4-7-18-13/h2-6,9H,1,7-8H2;2-4,7H,5-6H2,1H3. The van der Waals surface area contributed by atoms with Gasteiger partial charge < -0.3 is 9.80 Å². The van der Waals surface area contributed by atoms with Crippen molar-refractivity contribution in [2.24, 2.45) is 9.98 Å². The summed E-state index contributed by atoms with van der Waals surface area (Å²) < 4.78 is 15.9. The number of halogens is 1. The Morgan fingerprint density at radius 1 is 0.842 bits per heavy atom. The summed E-state index contributed by atoms with van der Waals surface area (Å²) in [6.07, 6.45) is 1.95. The van der Waals surface area contributed by atoms with Gasteiger partial charge in [-0.15, -0.1) is 22.7 Å². The van der Waals surface area contributed by atoms with Gasteiger partial charge in [0.2, 0.25) is 0 Å². The van der Waals surface area contributed by atoms with Gasteiger partial charge in [-0.25, -0.2) is 4.39 Å². The zero-order chi connectivity index (χ0) is 25.8. The average molecular weight is 575 g/mol. The quantitative estimate of drug-likeness (QED) is 0.246. The van der Waals surface area contributed by atoms with Crippen molar-refractivity contribution in [1.82, 2.24) is 9.80 Å². The van der Waals surface area contributed by atoms with Gasteiger partial charge >= 0.3 is 0 Å². The number of hydrogen-bond donors (Lipinski definition) is 0. The van der Waals surface area contributed by atoms with E-state index >= 15 is 0 Å². The summed E-state index contributed by atoms with van der Waals surface area (Å²) in [5.41, 5.74) is 4.90. The van der Waals surface area contributed by atoms with Crippen LogP contribution in [0.4, 0.5) is 4.39 Å². The minimum absolute atomic E-state index is 0.132. The van der Waals surface area contributed by atoms with Crippen LogP contribution < -0.4 is 0 Å². The second-order valence-electron chi connectivity index (χ2n) is 9.05. The molecule has 0 amide bonds. The van der Waals surface area contributed by atoms with Gasteiger partial charge in [0.1, 0.15) is 5.82 Å². The molecule has 0 radical (unpaired) electrons. The van der Waals surface area contributed by atoms with Gasteiger partial charge in [-0.05, 0) is 59.8 Å². The van der Waals surface area contributed by atoms with Crippen molar-refractivity contribution in [2.75, 3.05) is 26.2 Å². The Hall–Kier alpha value is -2.85. The van der Waals surface area contributed by atoms with Gasteiger partial charge in [-0.1, -0.05) is 36.5 Å². The molecule has 4 aliphatic heterocycles. The monoisotopic (exact) mass is 574 g/mol. The first-order chi connectivity index (χ1) is 18.6. The van der Waals surface area contributed by atoms with E-state index in [1.54, 1.807) is 40.9 Å². The highest BCUT2D eigenvalue weighted by Crippen LogP contribution is 2.45. The molecule has 2 aromatic carbocycles. The highest BCUT2D eigenvalue weighted by atomic mass is 32.2. The number of aliphatic imine (C=N–C) groups is 2. The van der Waals surface area contributed by atoms with Crippen LogP contribution in [0.3, 0.4) is 0 Å². The molecule has 8 rings (SSSR count). The summed E-state index contributed by atoms with van der Waals surface area (Å²) in [5, 5.41) is 8.65. The number of allylic oxidation sites excluding steroid dienone is 2. The summed E-state index contributed by atoms with van der Waals surface area (Å²) in [7, 11) is 0. The Labute approximate surface area is 237 Å². The Morgan fingerprint density at radius 3 is 2.37 bits per heavy atom. The SMILES string of the molecule is C=CC1=C(c2cccc3sccc23)N2CCN=C2S1.CC1=C(c2ccc(F)c3sccc23)N2CCN=C2S1. The summed E-state index contributed by atoms with van der Waals surface area (Å²) in [5.74, 6) is -0.132. The number of amidine groups is 2. The minimum Gasteiger partial charge on any atom is -0.318 e. The van der Waals surface area contributed by atoms with Crippen LogP contribution in [0, 0.1) is 5.82 Å². The van der Waals surface area contributed by atoms with Crippen LogP contribution in [0.2, 0.25) is 0 Å². The molecule has 0 saturated heterocycles. The van der Waals surface area contributed by atoms with Crippen molar-refractivity contribution in [2.45, 2.75) is 6.92 Å². The molecular formula is C29H23FN4S4. The first-order valence-electron chi connectivity index (χ1n) is 12.3. The highest BCUT2D eigenvalue weighted by molar-refractivity contribution is 8.18. The molecular weight excluding hydrogens is 552 g/mol. The number of fused-ring (bicyclic) bond motifs is 4. The lowest BCUT2D eigenvalue weighted by Crippen LogP contribution is -2.20. The number of rotatable bonds is 3. The van der Waals surface area contributed by atoms with Crippen LogP contribution in [0.15, 0.2) is 85.7 Å². The predicted octanol–water partition coefficient (Wildman–Crippen LogP) is 8.32. The smallest absolute Gasteiger partial charge is 0.168 e. The van der Waals surface area contributed by atoms with Crippen LogP contribution >= 0.6 is 46.2 Å². The molecule has 6 heterocycles. The van der Waals surface area contributed by atoms with Gasteiger partial charge in [0.15, 0.2) is 10.3 Å². The fourth-order valence-electron chi connectivity index (χ4n) is 5.28. The number of thiophene rings is 2. The van der Waals surface area contributed by atoms with Crippen LogP contribution in [0.1, 0.15) is 18.1 Å². The molecule has 2 aromatic heterocycles. The maximum Gasteiger partial charge on any atom is 0.168 e. The molecule has 4 nitrogen and oxygen atoms in total. The number of hydrogen-bond acceptors (Lipinski definition) is 8. The molecule has 0 atom stereocenters. The average Bonchev–Trinajstić information content (AvgIpc) is 3.74. The van der Waals surface area contributed by atoms with Gasteiger partial charge in [0, 0.05) is 49.5 Å². The molecule has 4 aliphatic rings. The second kappa shape index (κ2) is 9.72. The molecule has 0 N–H and O–H groups in total. The van der Waals surface area contributed by atoms with Crippen LogP contribution in [-0.4, -0.2) is 46.3 Å². The van der Waals surface area contributed by atoms with Crippen molar-refractivity contribution in [3.8, 4) is 0 Å². The third-order valence-corrected chi connectivity index (χ3v) is 10.9. The lowest BCUT2D eigenvalue weighted by atomic mass is 10.1. The van der Waals surface area contributed by atoms with Crippen LogP contribution in [0.25, 0.3) is 31.6 Å². The van der Waals surface area contributed by atoms with E-state index in [9.17, 15) is 4.39 Å². The van der Waals surface area contributed by atoms with Crippen molar-refractivity contribution >= 4 is 88.1 Å².